The molecule has 2 unspecified atom stereocenters. The molecule has 2 atom stereocenters. The van der Waals surface area contributed by atoms with Gasteiger partial charge in [0.15, 0.2) is 6.10 Å². The number of hydrazine groups is 1. The fraction of sp³-hybridized carbons (Fsp3) is 0.308. The molecule has 0 spiro atoms. The Morgan fingerprint density at radius 2 is 1.78 bits per heavy atom. The number of carbonyl (C=O) groups excluding carboxylic acids is 2. The zero-order chi connectivity index (χ0) is 22.5. The third kappa shape index (κ3) is 5.02. The molecule has 4 rings (SSSR count). The maximum Gasteiger partial charge on any atom is 0.279 e. The maximum atomic E-state index is 12.5. The average Bonchev–Trinajstić information content (AvgIpc) is 2.82. The van der Waals surface area contributed by atoms with E-state index in [1.54, 1.807) is 14.0 Å². The van der Waals surface area contributed by atoms with Crippen molar-refractivity contribution in [3.63, 3.8) is 0 Å². The highest BCUT2D eigenvalue weighted by atomic mass is 16.5. The van der Waals surface area contributed by atoms with E-state index in [0.29, 0.717) is 12.2 Å². The Balaban J connectivity index is 1.29. The summed E-state index contributed by atoms with van der Waals surface area (Å²) in [6.07, 6.45) is 2.53. The zero-order valence-electron chi connectivity index (χ0n) is 18.4. The van der Waals surface area contributed by atoms with E-state index < -0.39 is 12.0 Å². The Kier molecular flexibility index (Phi) is 6.59. The highest BCUT2D eigenvalue weighted by Gasteiger charge is 2.24. The van der Waals surface area contributed by atoms with Crippen LogP contribution in [0.25, 0.3) is 10.8 Å². The van der Waals surface area contributed by atoms with E-state index in [1.165, 1.54) is 11.1 Å². The minimum atomic E-state index is -0.751. The van der Waals surface area contributed by atoms with Gasteiger partial charge in [0.25, 0.3) is 5.91 Å². The molecule has 1 aliphatic carbocycles. The lowest BCUT2D eigenvalue weighted by Gasteiger charge is -2.25. The van der Waals surface area contributed by atoms with Gasteiger partial charge in [-0.15, -0.1) is 0 Å². The number of methoxy groups -OCH3 is 1. The molecule has 0 aliphatic heterocycles. The summed E-state index contributed by atoms with van der Waals surface area (Å²) in [4.78, 5) is 24.9. The number of hydrogen-bond acceptors (Lipinski definition) is 4. The molecule has 0 heterocycles. The second-order valence-electron chi connectivity index (χ2n) is 8.16. The van der Waals surface area contributed by atoms with Crippen molar-refractivity contribution in [1.82, 2.24) is 10.9 Å². The second kappa shape index (κ2) is 9.73. The molecule has 1 aliphatic rings. The lowest BCUT2D eigenvalue weighted by atomic mass is 9.81. The molecule has 0 bridgehead atoms. The molecule has 6 heteroatoms. The first-order valence-electron chi connectivity index (χ1n) is 10.9. The molecule has 3 aromatic rings. The molecule has 6 nitrogen and oxygen atoms in total. The lowest BCUT2D eigenvalue weighted by molar-refractivity contribution is -0.132. The quantitative estimate of drug-likeness (QED) is 0.570. The summed E-state index contributed by atoms with van der Waals surface area (Å²) in [5, 5.41) is 2.14. The van der Waals surface area contributed by atoms with E-state index in [1.807, 2.05) is 60.7 Å². The van der Waals surface area contributed by atoms with Gasteiger partial charge in [-0.3, -0.25) is 20.4 Å². The van der Waals surface area contributed by atoms with Gasteiger partial charge in [-0.2, -0.15) is 0 Å². The Morgan fingerprint density at radius 1 is 1.00 bits per heavy atom. The smallest absolute Gasteiger partial charge is 0.279 e. The van der Waals surface area contributed by atoms with Gasteiger partial charge in [0.2, 0.25) is 5.91 Å². The molecule has 0 saturated carbocycles. The van der Waals surface area contributed by atoms with Crippen LogP contribution in [0.1, 0.15) is 43.2 Å². The molecular formula is C26H28N2O4. The standard InChI is InChI=1S/C26H28N2O4/c1-17(32-23-11-10-18-6-3-4-7-19(18)14-23)26(30)28-27-25(29)16-21-9-5-8-20-15-22(31-2)12-13-24(20)21/h3-4,6-7,10-15,17,21H,5,8-9,16H2,1-2H3,(H,27,29)(H,28,30). The Hall–Kier alpha value is -3.54. The van der Waals surface area contributed by atoms with Crippen molar-refractivity contribution in [2.45, 2.75) is 44.6 Å². The highest BCUT2D eigenvalue weighted by Crippen LogP contribution is 2.35. The predicted octanol–water partition coefficient (Wildman–Crippen LogP) is 4.27. The van der Waals surface area contributed by atoms with Crippen molar-refractivity contribution in [1.29, 1.82) is 0 Å². The number of rotatable bonds is 6. The minimum Gasteiger partial charge on any atom is -0.497 e. The third-order valence-electron chi connectivity index (χ3n) is 5.95. The van der Waals surface area contributed by atoms with Crippen LogP contribution in [-0.2, 0) is 16.0 Å². The van der Waals surface area contributed by atoms with Gasteiger partial charge in [-0.05, 0) is 78.3 Å². The fourth-order valence-electron chi connectivity index (χ4n) is 4.24. The first-order valence-corrected chi connectivity index (χ1v) is 10.9. The molecular weight excluding hydrogens is 404 g/mol. The van der Waals surface area contributed by atoms with Gasteiger partial charge in [-0.1, -0.05) is 36.4 Å². The Bertz CT molecular complexity index is 1130. The van der Waals surface area contributed by atoms with Crippen LogP contribution in [0.3, 0.4) is 0 Å². The highest BCUT2D eigenvalue weighted by molar-refractivity contribution is 5.86. The Morgan fingerprint density at radius 3 is 2.59 bits per heavy atom. The normalized spacial score (nSPS) is 16.0. The minimum absolute atomic E-state index is 0.132. The molecule has 0 fully saturated rings. The van der Waals surface area contributed by atoms with Gasteiger partial charge in [-0.25, -0.2) is 0 Å². The van der Waals surface area contributed by atoms with Crippen molar-refractivity contribution < 1.29 is 19.1 Å². The maximum absolute atomic E-state index is 12.5. The first-order chi connectivity index (χ1) is 15.5. The molecule has 0 radical (unpaired) electrons. The summed E-state index contributed by atoms with van der Waals surface area (Å²) in [5.41, 5.74) is 7.44. The van der Waals surface area contributed by atoms with Crippen molar-refractivity contribution >= 4 is 22.6 Å². The van der Waals surface area contributed by atoms with Crippen LogP contribution in [0, 0.1) is 0 Å². The van der Waals surface area contributed by atoms with Crippen molar-refractivity contribution in [2.24, 2.45) is 0 Å². The summed E-state index contributed by atoms with van der Waals surface area (Å²) in [6, 6.07) is 19.7. The third-order valence-corrected chi connectivity index (χ3v) is 5.95. The summed E-state index contributed by atoms with van der Waals surface area (Å²) in [7, 11) is 1.66. The summed E-state index contributed by atoms with van der Waals surface area (Å²) in [5.74, 6) is 0.950. The van der Waals surface area contributed by atoms with Crippen LogP contribution in [0.2, 0.25) is 0 Å². The van der Waals surface area contributed by atoms with E-state index in [-0.39, 0.29) is 11.8 Å². The molecule has 2 amide bonds. The van der Waals surface area contributed by atoms with E-state index in [4.69, 9.17) is 9.47 Å². The largest absolute Gasteiger partial charge is 0.497 e. The number of ether oxygens (including phenoxy) is 2. The summed E-state index contributed by atoms with van der Waals surface area (Å²) < 4.78 is 11.1. The second-order valence-corrected chi connectivity index (χ2v) is 8.16. The van der Waals surface area contributed by atoms with Crippen LogP contribution in [0.15, 0.2) is 60.7 Å². The number of nitrogens with one attached hydrogen (secondary N) is 2. The molecule has 3 aromatic carbocycles. The number of carbonyl (C=O) groups is 2. The SMILES string of the molecule is COc1ccc2c(c1)CCCC2CC(=O)NNC(=O)C(C)Oc1ccc2ccccc2c1. The number of hydrogen-bond donors (Lipinski definition) is 2. The average molecular weight is 433 g/mol. The van der Waals surface area contributed by atoms with Gasteiger partial charge in [0.05, 0.1) is 7.11 Å². The number of aryl methyl sites for hydroxylation is 1. The molecule has 166 valence electrons. The van der Waals surface area contributed by atoms with Crippen LogP contribution in [0.5, 0.6) is 11.5 Å². The van der Waals surface area contributed by atoms with Crippen LogP contribution < -0.4 is 20.3 Å². The number of fused-ring (bicyclic) bond motifs is 2. The van der Waals surface area contributed by atoms with Crippen molar-refractivity contribution in [3.05, 3.63) is 71.8 Å². The lowest BCUT2D eigenvalue weighted by Crippen LogP contribution is -2.47. The van der Waals surface area contributed by atoms with Gasteiger partial charge in [0.1, 0.15) is 11.5 Å². The Labute approximate surface area is 187 Å². The van der Waals surface area contributed by atoms with E-state index in [9.17, 15) is 9.59 Å². The van der Waals surface area contributed by atoms with Crippen LogP contribution in [0.4, 0.5) is 0 Å². The number of amides is 2. The van der Waals surface area contributed by atoms with Crippen molar-refractivity contribution in [2.75, 3.05) is 7.11 Å². The van der Waals surface area contributed by atoms with E-state index in [2.05, 4.69) is 10.9 Å². The monoisotopic (exact) mass is 432 g/mol. The van der Waals surface area contributed by atoms with Gasteiger partial charge in [0, 0.05) is 6.42 Å². The first kappa shape index (κ1) is 21.7. The van der Waals surface area contributed by atoms with Gasteiger partial charge < -0.3 is 9.47 Å². The van der Waals surface area contributed by atoms with Crippen LogP contribution in [-0.4, -0.2) is 25.0 Å². The molecule has 0 aromatic heterocycles. The van der Waals surface area contributed by atoms with Crippen LogP contribution >= 0.6 is 0 Å². The molecule has 0 saturated heterocycles. The fourth-order valence-corrected chi connectivity index (χ4v) is 4.24. The summed E-state index contributed by atoms with van der Waals surface area (Å²) >= 11 is 0. The zero-order valence-corrected chi connectivity index (χ0v) is 18.4. The predicted molar refractivity (Wildman–Crippen MR) is 124 cm³/mol. The van der Waals surface area contributed by atoms with E-state index >= 15 is 0 Å². The van der Waals surface area contributed by atoms with E-state index in [0.717, 1.165) is 35.8 Å². The molecule has 2 N–H and O–H groups in total. The number of benzene rings is 3. The topological polar surface area (TPSA) is 76.7 Å². The van der Waals surface area contributed by atoms with Gasteiger partial charge >= 0.3 is 0 Å². The van der Waals surface area contributed by atoms with Crippen molar-refractivity contribution in [3.8, 4) is 11.5 Å². The summed E-state index contributed by atoms with van der Waals surface area (Å²) in [6.45, 7) is 1.65. The molecule has 32 heavy (non-hydrogen) atoms.